The van der Waals surface area contributed by atoms with E-state index in [0.29, 0.717) is 6.42 Å². The van der Waals surface area contributed by atoms with Gasteiger partial charge >= 0.3 is 0 Å². The standard InChI is InChI=1S/C17H22N2OS2/c20-16(6-3-7-19-10-14-9-13(19)11-21-14)18-17-8-12-4-1-2-5-15(12)22-17/h1-2,4-5,13-14,17H,3,6-11H2,(H,18,20). The van der Waals surface area contributed by atoms with Crippen LogP contribution >= 0.6 is 23.5 Å². The van der Waals surface area contributed by atoms with Crippen molar-refractivity contribution < 1.29 is 4.79 Å². The Kier molecular flexibility index (Phi) is 4.38. The minimum atomic E-state index is 0.212. The third-order valence-electron chi connectivity index (χ3n) is 4.83. The van der Waals surface area contributed by atoms with Gasteiger partial charge in [0, 0.05) is 41.3 Å². The number of fused-ring (bicyclic) bond motifs is 3. The van der Waals surface area contributed by atoms with Gasteiger partial charge in [-0.05, 0) is 31.0 Å². The molecule has 1 N–H and O–H groups in total. The van der Waals surface area contributed by atoms with Gasteiger partial charge in [-0.25, -0.2) is 0 Å². The zero-order valence-electron chi connectivity index (χ0n) is 12.7. The van der Waals surface area contributed by atoms with Crippen LogP contribution in [0.4, 0.5) is 0 Å². The molecule has 2 saturated heterocycles. The molecule has 3 unspecified atom stereocenters. The Morgan fingerprint density at radius 3 is 3.05 bits per heavy atom. The number of likely N-dealkylation sites (tertiary alicyclic amines) is 1. The van der Waals surface area contributed by atoms with Gasteiger partial charge in [0.25, 0.3) is 0 Å². The second-order valence-electron chi connectivity index (χ2n) is 6.43. The number of carbonyl (C=O) groups is 1. The minimum Gasteiger partial charge on any atom is -0.344 e. The SMILES string of the molecule is O=C(CCCN1CC2CC1CS2)NC1Cc2ccccc2S1. The van der Waals surface area contributed by atoms with E-state index < -0.39 is 0 Å². The zero-order valence-corrected chi connectivity index (χ0v) is 14.3. The van der Waals surface area contributed by atoms with Crippen LogP contribution in [0.25, 0.3) is 0 Å². The fraction of sp³-hybridized carbons (Fsp3) is 0.588. The van der Waals surface area contributed by atoms with Crippen molar-refractivity contribution in [2.75, 3.05) is 18.8 Å². The summed E-state index contributed by atoms with van der Waals surface area (Å²) in [7, 11) is 0. The molecule has 0 radical (unpaired) electrons. The van der Waals surface area contributed by atoms with E-state index in [0.717, 1.165) is 30.7 Å². The number of amides is 1. The summed E-state index contributed by atoms with van der Waals surface area (Å²) in [5.41, 5.74) is 1.36. The second kappa shape index (κ2) is 6.46. The number of hydrogen-bond acceptors (Lipinski definition) is 4. The van der Waals surface area contributed by atoms with Crippen LogP contribution in [-0.4, -0.2) is 46.3 Å². The molecule has 0 aromatic heterocycles. The van der Waals surface area contributed by atoms with Gasteiger partial charge in [0.15, 0.2) is 0 Å². The van der Waals surface area contributed by atoms with Crippen molar-refractivity contribution in [3.63, 3.8) is 0 Å². The molecule has 5 heteroatoms. The summed E-state index contributed by atoms with van der Waals surface area (Å²) >= 11 is 3.92. The molecule has 1 aromatic rings. The Morgan fingerprint density at radius 1 is 1.36 bits per heavy atom. The number of hydrogen-bond donors (Lipinski definition) is 1. The van der Waals surface area contributed by atoms with E-state index in [9.17, 15) is 4.79 Å². The lowest BCUT2D eigenvalue weighted by Crippen LogP contribution is -2.36. The van der Waals surface area contributed by atoms with E-state index in [-0.39, 0.29) is 11.3 Å². The van der Waals surface area contributed by atoms with E-state index in [1.165, 1.54) is 29.2 Å². The van der Waals surface area contributed by atoms with Crippen LogP contribution in [0, 0.1) is 0 Å². The predicted octanol–water partition coefficient (Wildman–Crippen LogP) is 2.75. The van der Waals surface area contributed by atoms with Crippen LogP contribution in [0.1, 0.15) is 24.8 Å². The summed E-state index contributed by atoms with van der Waals surface area (Å²) in [5.74, 6) is 1.51. The number of benzene rings is 1. The molecular formula is C17H22N2OS2. The van der Waals surface area contributed by atoms with Crippen molar-refractivity contribution in [2.24, 2.45) is 0 Å². The number of nitrogens with one attached hydrogen (secondary N) is 1. The highest BCUT2D eigenvalue weighted by Crippen LogP contribution is 2.37. The van der Waals surface area contributed by atoms with E-state index in [1.807, 2.05) is 0 Å². The molecule has 2 fully saturated rings. The van der Waals surface area contributed by atoms with Crippen LogP contribution in [0.2, 0.25) is 0 Å². The molecule has 3 heterocycles. The van der Waals surface area contributed by atoms with Crippen LogP contribution < -0.4 is 5.32 Å². The van der Waals surface area contributed by atoms with Gasteiger partial charge in [-0.15, -0.1) is 11.8 Å². The maximum atomic E-state index is 12.1. The molecule has 1 amide bonds. The summed E-state index contributed by atoms with van der Waals surface area (Å²) in [6.45, 7) is 2.33. The van der Waals surface area contributed by atoms with Crippen LogP contribution in [-0.2, 0) is 11.2 Å². The average molecular weight is 335 g/mol. The lowest BCUT2D eigenvalue weighted by Gasteiger charge is -2.26. The highest BCUT2D eigenvalue weighted by Gasteiger charge is 2.37. The van der Waals surface area contributed by atoms with Crippen LogP contribution in [0.3, 0.4) is 0 Å². The van der Waals surface area contributed by atoms with Gasteiger partial charge in [0.2, 0.25) is 5.91 Å². The minimum absolute atomic E-state index is 0.212. The van der Waals surface area contributed by atoms with Crippen molar-refractivity contribution in [3.8, 4) is 0 Å². The predicted molar refractivity (Wildman–Crippen MR) is 93.4 cm³/mol. The Hall–Kier alpha value is -0.650. The van der Waals surface area contributed by atoms with Crippen molar-refractivity contribution in [1.29, 1.82) is 0 Å². The quantitative estimate of drug-likeness (QED) is 0.897. The van der Waals surface area contributed by atoms with Gasteiger partial charge in [0.05, 0.1) is 5.37 Å². The van der Waals surface area contributed by atoms with Gasteiger partial charge in [-0.1, -0.05) is 18.2 Å². The van der Waals surface area contributed by atoms with Crippen molar-refractivity contribution in [1.82, 2.24) is 10.2 Å². The largest absolute Gasteiger partial charge is 0.344 e. The molecule has 0 saturated carbocycles. The summed E-state index contributed by atoms with van der Waals surface area (Å²) in [6, 6.07) is 9.24. The topological polar surface area (TPSA) is 32.3 Å². The number of thioether (sulfide) groups is 2. The van der Waals surface area contributed by atoms with E-state index in [1.54, 1.807) is 11.8 Å². The Balaban J connectivity index is 1.18. The molecule has 3 aliphatic heterocycles. The molecule has 22 heavy (non-hydrogen) atoms. The van der Waals surface area contributed by atoms with E-state index in [2.05, 4.69) is 46.2 Å². The number of rotatable bonds is 5. The first-order valence-corrected chi connectivity index (χ1v) is 10.1. The van der Waals surface area contributed by atoms with Gasteiger partial charge in [-0.2, -0.15) is 11.8 Å². The normalized spacial score (nSPS) is 29.7. The molecule has 3 atom stereocenters. The maximum Gasteiger partial charge on any atom is 0.220 e. The lowest BCUT2D eigenvalue weighted by atomic mass is 10.1. The molecule has 4 rings (SSSR count). The molecular weight excluding hydrogens is 312 g/mol. The van der Waals surface area contributed by atoms with Crippen molar-refractivity contribution in [2.45, 2.75) is 47.2 Å². The first kappa shape index (κ1) is 14.9. The van der Waals surface area contributed by atoms with Crippen LogP contribution in [0.15, 0.2) is 29.2 Å². The average Bonchev–Trinajstić information content (AvgIpc) is 3.20. The lowest BCUT2D eigenvalue weighted by molar-refractivity contribution is -0.121. The summed E-state index contributed by atoms with van der Waals surface area (Å²) in [5, 5.41) is 4.28. The number of nitrogens with zero attached hydrogens (tertiary/aromatic N) is 1. The Labute approximate surface area is 140 Å². The maximum absolute atomic E-state index is 12.1. The molecule has 1 aromatic carbocycles. The van der Waals surface area contributed by atoms with Crippen molar-refractivity contribution >= 4 is 29.4 Å². The highest BCUT2D eigenvalue weighted by molar-refractivity contribution is 8.00. The Bertz CT molecular complexity index is 540. The molecule has 0 spiro atoms. The smallest absolute Gasteiger partial charge is 0.220 e. The first-order chi connectivity index (χ1) is 10.8. The van der Waals surface area contributed by atoms with E-state index in [4.69, 9.17) is 0 Å². The summed E-state index contributed by atoms with van der Waals surface area (Å²) in [6.07, 6.45) is 3.98. The highest BCUT2D eigenvalue weighted by atomic mass is 32.2. The van der Waals surface area contributed by atoms with E-state index >= 15 is 0 Å². The second-order valence-corrected chi connectivity index (χ2v) is 9.01. The first-order valence-electron chi connectivity index (χ1n) is 8.17. The molecule has 3 aliphatic rings. The van der Waals surface area contributed by atoms with Crippen molar-refractivity contribution in [3.05, 3.63) is 29.8 Å². The fourth-order valence-electron chi connectivity index (χ4n) is 3.71. The molecule has 118 valence electrons. The summed E-state index contributed by atoms with van der Waals surface area (Å²) < 4.78 is 0. The number of carbonyl (C=O) groups excluding carboxylic acids is 1. The molecule has 2 bridgehead atoms. The summed E-state index contributed by atoms with van der Waals surface area (Å²) in [4.78, 5) is 16.0. The fourth-order valence-corrected chi connectivity index (χ4v) is 6.43. The van der Waals surface area contributed by atoms with Gasteiger partial charge < -0.3 is 5.32 Å². The van der Waals surface area contributed by atoms with Gasteiger partial charge in [-0.3, -0.25) is 9.69 Å². The van der Waals surface area contributed by atoms with Crippen LogP contribution in [0.5, 0.6) is 0 Å². The molecule has 3 nitrogen and oxygen atoms in total. The Morgan fingerprint density at radius 2 is 2.27 bits per heavy atom. The molecule has 0 aliphatic carbocycles. The monoisotopic (exact) mass is 334 g/mol. The van der Waals surface area contributed by atoms with Gasteiger partial charge in [0.1, 0.15) is 0 Å². The third-order valence-corrected chi connectivity index (χ3v) is 7.44. The zero-order chi connectivity index (χ0) is 14.9. The third kappa shape index (κ3) is 3.17.